The van der Waals surface area contributed by atoms with E-state index in [1.165, 1.54) is 10.6 Å². The van der Waals surface area contributed by atoms with Crippen LogP contribution in [0.4, 0.5) is 0 Å². The number of carbonyl (C=O) groups excluding carboxylic acids is 1. The standard InChI is InChI=1S/C20H28N2O4S/c1-3-7-16-8-6-13-22(16)20(23)18-9-4-5-10-19(18)26-17-11-14-21(15-12-17)27(2,24)25/h4-6,8-10,16-17H,3,7,11-15H2,1-2H3/t16-/m1/s1. The molecule has 7 heteroatoms. The van der Waals surface area contributed by atoms with Crippen molar-refractivity contribution < 1.29 is 17.9 Å². The van der Waals surface area contributed by atoms with Gasteiger partial charge < -0.3 is 9.64 Å². The summed E-state index contributed by atoms with van der Waals surface area (Å²) in [6.45, 7) is 3.65. The normalized spacial score (nSPS) is 21.6. The van der Waals surface area contributed by atoms with Crippen LogP contribution in [0.25, 0.3) is 0 Å². The molecule has 0 N–H and O–H groups in total. The van der Waals surface area contributed by atoms with Gasteiger partial charge in [0.1, 0.15) is 11.9 Å². The molecule has 1 saturated heterocycles. The monoisotopic (exact) mass is 392 g/mol. The maximum Gasteiger partial charge on any atom is 0.258 e. The lowest BCUT2D eigenvalue weighted by Gasteiger charge is -2.31. The smallest absolute Gasteiger partial charge is 0.258 e. The van der Waals surface area contributed by atoms with E-state index in [-0.39, 0.29) is 18.1 Å². The zero-order valence-electron chi connectivity index (χ0n) is 16.0. The number of nitrogens with zero attached hydrogens (tertiary/aromatic N) is 2. The van der Waals surface area contributed by atoms with Crippen LogP contribution in [-0.4, -0.2) is 61.6 Å². The molecule has 0 spiro atoms. The van der Waals surface area contributed by atoms with E-state index in [0.717, 1.165) is 12.8 Å². The third-order valence-corrected chi connectivity index (χ3v) is 6.49. The van der Waals surface area contributed by atoms with E-state index in [4.69, 9.17) is 4.74 Å². The van der Waals surface area contributed by atoms with Gasteiger partial charge in [0.2, 0.25) is 10.0 Å². The Kier molecular flexibility index (Phi) is 6.22. The molecule has 0 saturated carbocycles. The SMILES string of the molecule is CCC[C@@H]1C=CCN1C(=O)c1ccccc1OC1CCN(S(C)(=O)=O)CC1. The van der Waals surface area contributed by atoms with Crippen molar-refractivity contribution in [1.29, 1.82) is 0 Å². The zero-order valence-corrected chi connectivity index (χ0v) is 16.8. The molecular formula is C20H28N2O4S. The predicted octanol–water partition coefficient (Wildman–Crippen LogP) is 2.67. The van der Waals surface area contributed by atoms with Crippen LogP contribution < -0.4 is 4.74 Å². The summed E-state index contributed by atoms with van der Waals surface area (Å²) in [5.41, 5.74) is 0.577. The Balaban J connectivity index is 1.69. The lowest BCUT2D eigenvalue weighted by atomic mass is 10.1. The first-order valence-corrected chi connectivity index (χ1v) is 11.4. The van der Waals surface area contributed by atoms with Crippen molar-refractivity contribution in [1.82, 2.24) is 9.21 Å². The van der Waals surface area contributed by atoms with E-state index in [9.17, 15) is 13.2 Å². The third-order valence-electron chi connectivity index (χ3n) is 5.19. The zero-order chi connectivity index (χ0) is 19.4. The van der Waals surface area contributed by atoms with Crippen molar-refractivity contribution in [2.45, 2.75) is 44.8 Å². The molecule has 0 aliphatic carbocycles. The van der Waals surface area contributed by atoms with E-state index in [2.05, 4.69) is 13.0 Å². The van der Waals surface area contributed by atoms with Gasteiger partial charge in [0, 0.05) is 19.6 Å². The highest BCUT2D eigenvalue weighted by atomic mass is 32.2. The maximum atomic E-state index is 13.1. The van der Waals surface area contributed by atoms with Crippen LogP contribution in [0, 0.1) is 0 Å². The summed E-state index contributed by atoms with van der Waals surface area (Å²) in [6.07, 6.45) is 8.52. The molecule has 1 aromatic carbocycles. The molecule has 1 amide bonds. The van der Waals surface area contributed by atoms with Gasteiger partial charge in [0.15, 0.2) is 0 Å². The Morgan fingerprint density at radius 1 is 1.22 bits per heavy atom. The van der Waals surface area contributed by atoms with Gasteiger partial charge in [-0.2, -0.15) is 0 Å². The first-order chi connectivity index (χ1) is 12.9. The number of hydrogen-bond donors (Lipinski definition) is 0. The first-order valence-electron chi connectivity index (χ1n) is 9.58. The molecule has 1 atom stereocenters. The predicted molar refractivity (Wildman–Crippen MR) is 105 cm³/mol. The maximum absolute atomic E-state index is 13.1. The molecule has 0 radical (unpaired) electrons. The fraction of sp³-hybridized carbons (Fsp3) is 0.550. The second kappa shape index (κ2) is 8.44. The number of benzene rings is 1. The van der Waals surface area contributed by atoms with Crippen LogP contribution in [0.1, 0.15) is 43.0 Å². The lowest BCUT2D eigenvalue weighted by Crippen LogP contribution is -2.41. The Hall–Kier alpha value is -1.86. The fourth-order valence-corrected chi connectivity index (χ4v) is 4.59. The Labute approximate surface area is 161 Å². The molecule has 3 rings (SSSR count). The topological polar surface area (TPSA) is 66.9 Å². The highest BCUT2D eigenvalue weighted by molar-refractivity contribution is 7.88. The van der Waals surface area contributed by atoms with Gasteiger partial charge >= 0.3 is 0 Å². The summed E-state index contributed by atoms with van der Waals surface area (Å²) in [4.78, 5) is 15.0. The van der Waals surface area contributed by atoms with Crippen molar-refractivity contribution in [3.05, 3.63) is 42.0 Å². The molecule has 148 valence electrons. The van der Waals surface area contributed by atoms with E-state index in [1.807, 2.05) is 35.2 Å². The van der Waals surface area contributed by atoms with Gasteiger partial charge in [-0.3, -0.25) is 4.79 Å². The van der Waals surface area contributed by atoms with Crippen LogP contribution in [0.15, 0.2) is 36.4 Å². The van der Waals surface area contributed by atoms with Crippen molar-refractivity contribution in [2.75, 3.05) is 25.9 Å². The van der Waals surface area contributed by atoms with Crippen molar-refractivity contribution in [2.24, 2.45) is 0 Å². The number of piperidine rings is 1. The molecule has 1 fully saturated rings. The van der Waals surface area contributed by atoms with E-state index < -0.39 is 10.0 Å². The second-order valence-corrected chi connectivity index (χ2v) is 9.20. The first kappa shape index (κ1) is 19.9. The molecular weight excluding hydrogens is 364 g/mol. The van der Waals surface area contributed by atoms with Crippen LogP contribution in [0.5, 0.6) is 5.75 Å². The van der Waals surface area contributed by atoms with Gasteiger partial charge in [-0.05, 0) is 31.4 Å². The number of rotatable bonds is 6. The number of para-hydroxylation sites is 1. The number of ether oxygens (including phenoxy) is 1. The molecule has 2 heterocycles. The molecule has 27 heavy (non-hydrogen) atoms. The second-order valence-electron chi connectivity index (χ2n) is 7.22. The molecule has 0 aromatic heterocycles. The van der Waals surface area contributed by atoms with Crippen LogP contribution in [0.3, 0.4) is 0 Å². The number of carbonyl (C=O) groups is 1. The summed E-state index contributed by atoms with van der Waals surface area (Å²) in [5.74, 6) is 0.574. The average Bonchev–Trinajstić information content (AvgIpc) is 3.10. The summed E-state index contributed by atoms with van der Waals surface area (Å²) < 4.78 is 30.9. The number of hydrogen-bond acceptors (Lipinski definition) is 4. The molecule has 0 unspecified atom stereocenters. The molecule has 0 bridgehead atoms. The van der Waals surface area contributed by atoms with Gasteiger partial charge in [0.25, 0.3) is 5.91 Å². The highest BCUT2D eigenvalue weighted by Gasteiger charge is 2.29. The molecule has 2 aliphatic heterocycles. The van der Waals surface area contributed by atoms with E-state index in [1.54, 1.807) is 0 Å². The van der Waals surface area contributed by atoms with Gasteiger partial charge in [-0.15, -0.1) is 0 Å². The Bertz CT molecular complexity index is 798. The highest BCUT2D eigenvalue weighted by Crippen LogP contribution is 2.27. The van der Waals surface area contributed by atoms with E-state index in [0.29, 0.717) is 43.8 Å². The quantitative estimate of drug-likeness (QED) is 0.698. The Morgan fingerprint density at radius 3 is 2.59 bits per heavy atom. The van der Waals surface area contributed by atoms with Crippen LogP contribution in [0.2, 0.25) is 0 Å². The number of sulfonamides is 1. The largest absolute Gasteiger partial charge is 0.489 e. The van der Waals surface area contributed by atoms with Crippen molar-refractivity contribution in [3.8, 4) is 5.75 Å². The third kappa shape index (κ3) is 4.71. The summed E-state index contributed by atoms with van der Waals surface area (Å²) in [5, 5.41) is 0. The van der Waals surface area contributed by atoms with Crippen LogP contribution >= 0.6 is 0 Å². The lowest BCUT2D eigenvalue weighted by molar-refractivity contribution is 0.0732. The minimum absolute atomic E-state index is 0.0115. The summed E-state index contributed by atoms with van der Waals surface area (Å²) in [7, 11) is -3.16. The van der Waals surface area contributed by atoms with Gasteiger partial charge in [0.05, 0.1) is 17.9 Å². The number of amides is 1. The molecule has 1 aromatic rings. The average molecular weight is 393 g/mol. The molecule has 6 nitrogen and oxygen atoms in total. The summed E-state index contributed by atoms with van der Waals surface area (Å²) >= 11 is 0. The van der Waals surface area contributed by atoms with Gasteiger partial charge in [-0.25, -0.2) is 12.7 Å². The summed E-state index contributed by atoms with van der Waals surface area (Å²) in [6, 6.07) is 7.50. The fourth-order valence-electron chi connectivity index (χ4n) is 3.71. The van der Waals surface area contributed by atoms with Crippen molar-refractivity contribution >= 4 is 15.9 Å². The van der Waals surface area contributed by atoms with Crippen molar-refractivity contribution in [3.63, 3.8) is 0 Å². The van der Waals surface area contributed by atoms with E-state index >= 15 is 0 Å². The minimum atomic E-state index is -3.16. The van der Waals surface area contributed by atoms with Crippen LogP contribution in [-0.2, 0) is 10.0 Å². The van der Waals surface area contributed by atoms with Gasteiger partial charge in [-0.1, -0.05) is 37.6 Å². The minimum Gasteiger partial charge on any atom is -0.489 e. The Morgan fingerprint density at radius 2 is 1.93 bits per heavy atom. The molecule has 2 aliphatic rings.